The first kappa shape index (κ1) is 24.1. The van der Waals surface area contributed by atoms with Crippen LogP contribution in [0.15, 0.2) is 71.6 Å². The lowest BCUT2D eigenvalue weighted by Gasteiger charge is -2.20. The fraction of sp³-hybridized carbons (Fsp3) is 0.259. The maximum Gasteiger partial charge on any atom is 0.229 e. The highest BCUT2D eigenvalue weighted by atomic mass is 32.2. The summed E-state index contributed by atoms with van der Waals surface area (Å²) in [5, 5.41) is 0.634. The molecule has 0 aliphatic heterocycles. The average Bonchev–Trinajstić information content (AvgIpc) is 3.20. The van der Waals surface area contributed by atoms with Crippen LogP contribution < -0.4 is 4.90 Å². The average molecular weight is 493 g/mol. The number of sulfone groups is 1. The standard InChI is InChI=1S/C27H28N2O3S2/c1-19-11-13-23(14-12-19)34(31,32)15-7-10-26(30)29(18-22-8-5-4-6-9-22)27-28-24-16-20(2)21(3)17-25(24)33-27/h4-6,8-9,11-14,16-17H,7,10,15,18H2,1-3H3. The monoisotopic (exact) mass is 492 g/mol. The highest BCUT2D eigenvalue weighted by Crippen LogP contribution is 2.32. The Morgan fingerprint density at radius 3 is 2.32 bits per heavy atom. The number of fused-ring (bicyclic) bond motifs is 1. The van der Waals surface area contributed by atoms with Crippen LogP contribution in [-0.4, -0.2) is 25.1 Å². The second-order valence-electron chi connectivity index (χ2n) is 8.60. The SMILES string of the molecule is Cc1ccc(S(=O)(=O)CCCC(=O)N(Cc2ccccc2)c2nc3cc(C)c(C)cc3s2)cc1. The number of aryl methyl sites for hydroxylation is 3. The van der Waals surface area contributed by atoms with Crippen LogP contribution in [-0.2, 0) is 21.2 Å². The lowest BCUT2D eigenvalue weighted by molar-refractivity contribution is -0.118. The number of thiazole rings is 1. The molecule has 1 heterocycles. The molecule has 0 spiro atoms. The summed E-state index contributed by atoms with van der Waals surface area (Å²) >= 11 is 1.49. The summed E-state index contributed by atoms with van der Waals surface area (Å²) in [6.45, 7) is 6.42. The third kappa shape index (κ3) is 5.54. The Kier molecular flexibility index (Phi) is 7.14. The van der Waals surface area contributed by atoms with Crippen molar-refractivity contribution in [1.82, 2.24) is 4.98 Å². The van der Waals surface area contributed by atoms with E-state index in [-0.39, 0.29) is 24.5 Å². The smallest absolute Gasteiger partial charge is 0.229 e. The van der Waals surface area contributed by atoms with Gasteiger partial charge in [-0.15, -0.1) is 0 Å². The first-order chi connectivity index (χ1) is 16.2. The molecule has 0 saturated heterocycles. The zero-order chi connectivity index (χ0) is 24.3. The summed E-state index contributed by atoms with van der Waals surface area (Å²) in [6.07, 6.45) is 0.384. The van der Waals surface area contributed by atoms with E-state index in [4.69, 9.17) is 4.98 Å². The van der Waals surface area contributed by atoms with Crippen molar-refractivity contribution in [1.29, 1.82) is 0 Å². The molecule has 0 N–H and O–H groups in total. The molecule has 0 bridgehead atoms. The van der Waals surface area contributed by atoms with Gasteiger partial charge >= 0.3 is 0 Å². The van der Waals surface area contributed by atoms with E-state index in [9.17, 15) is 13.2 Å². The molecular weight excluding hydrogens is 464 g/mol. The largest absolute Gasteiger partial charge is 0.284 e. The third-order valence-corrected chi connectivity index (χ3v) is 8.75. The van der Waals surface area contributed by atoms with Crippen LogP contribution in [0.2, 0.25) is 0 Å². The zero-order valence-corrected chi connectivity index (χ0v) is 21.2. The van der Waals surface area contributed by atoms with Crippen LogP contribution in [0.5, 0.6) is 0 Å². The van der Waals surface area contributed by atoms with Gasteiger partial charge in [-0.3, -0.25) is 9.69 Å². The summed E-state index contributed by atoms with van der Waals surface area (Å²) < 4.78 is 26.4. The Balaban J connectivity index is 1.54. The second-order valence-corrected chi connectivity index (χ2v) is 11.7. The number of rotatable bonds is 8. The number of nitrogens with zero attached hydrogens (tertiary/aromatic N) is 2. The molecule has 0 aliphatic rings. The van der Waals surface area contributed by atoms with Crippen LogP contribution in [0, 0.1) is 20.8 Å². The Labute approximate surface area is 205 Å². The minimum atomic E-state index is -3.44. The minimum Gasteiger partial charge on any atom is -0.284 e. The van der Waals surface area contributed by atoms with Gasteiger partial charge in [0.2, 0.25) is 5.91 Å². The predicted octanol–water partition coefficient (Wildman–Crippen LogP) is 6.01. The summed E-state index contributed by atoms with van der Waals surface area (Å²) in [5.41, 5.74) is 5.22. The number of anilines is 1. The molecule has 5 nitrogen and oxygen atoms in total. The van der Waals surface area contributed by atoms with Crippen molar-refractivity contribution in [3.8, 4) is 0 Å². The van der Waals surface area contributed by atoms with Crippen molar-refractivity contribution in [2.24, 2.45) is 0 Å². The normalized spacial score (nSPS) is 11.6. The van der Waals surface area contributed by atoms with E-state index in [1.807, 2.05) is 43.3 Å². The summed E-state index contributed by atoms with van der Waals surface area (Å²) in [4.78, 5) is 20.1. The Morgan fingerprint density at radius 1 is 0.941 bits per heavy atom. The highest BCUT2D eigenvalue weighted by Gasteiger charge is 2.22. The van der Waals surface area contributed by atoms with E-state index in [2.05, 4.69) is 19.9 Å². The molecule has 4 aromatic rings. The maximum atomic E-state index is 13.3. The van der Waals surface area contributed by atoms with Gasteiger partial charge < -0.3 is 0 Å². The van der Waals surface area contributed by atoms with Gasteiger partial charge in [0, 0.05) is 6.42 Å². The number of carbonyl (C=O) groups excluding carboxylic acids is 1. The van der Waals surface area contributed by atoms with Crippen molar-refractivity contribution in [2.75, 3.05) is 10.7 Å². The molecule has 0 radical (unpaired) electrons. The lowest BCUT2D eigenvalue weighted by Crippen LogP contribution is -2.30. The number of amides is 1. The van der Waals surface area contributed by atoms with Gasteiger partial charge in [-0.1, -0.05) is 59.4 Å². The van der Waals surface area contributed by atoms with Crippen LogP contribution in [0.3, 0.4) is 0 Å². The fourth-order valence-electron chi connectivity index (χ4n) is 3.72. The van der Waals surface area contributed by atoms with Gasteiger partial charge in [0.05, 0.1) is 27.4 Å². The number of hydrogen-bond acceptors (Lipinski definition) is 5. The van der Waals surface area contributed by atoms with Crippen molar-refractivity contribution in [2.45, 2.75) is 45.1 Å². The third-order valence-electron chi connectivity index (χ3n) is 5.89. The zero-order valence-electron chi connectivity index (χ0n) is 19.6. The first-order valence-electron chi connectivity index (χ1n) is 11.2. The molecule has 0 atom stereocenters. The van der Waals surface area contributed by atoms with Crippen molar-refractivity contribution >= 4 is 42.4 Å². The molecule has 7 heteroatoms. The lowest BCUT2D eigenvalue weighted by atomic mass is 10.1. The maximum absolute atomic E-state index is 13.3. The Morgan fingerprint density at radius 2 is 1.62 bits per heavy atom. The van der Waals surface area contributed by atoms with Crippen LogP contribution in [0.25, 0.3) is 10.2 Å². The molecule has 1 aromatic heterocycles. The molecule has 3 aromatic carbocycles. The topological polar surface area (TPSA) is 67.3 Å². The first-order valence-corrected chi connectivity index (χ1v) is 13.7. The Hall–Kier alpha value is -3.03. The van der Waals surface area contributed by atoms with Gasteiger partial charge in [0.25, 0.3) is 0 Å². The van der Waals surface area contributed by atoms with Crippen LogP contribution in [0.1, 0.15) is 35.1 Å². The summed E-state index contributed by atoms with van der Waals surface area (Å²) in [5.74, 6) is -0.199. The predicted molar refractivity (Wildman–Crippen MR) is 139 cm³/mol. The molecule has 1 amide bonds. The molecule has 176 valence electrons. The molecular formula is C27H28N2O3S2. The molecule has 34 heavy (non-hydrogen) atoms. The van der Waals surface area contributed by atoms with Crippen molar-refractivity contribution in [3.63, 3.8) is 0 Å². The van der Waals surface area contributed by atoms with Gasteiger partial charge in [-0.25, -0.2) is 13.4 Å². The molecule has 0 fully saturated rings. The Bertz CT molecular complexity index is 1370. The van der Waals surface area contributed by atoms with E-state index in [0.717, 1.165) is 26.9 Å². The highest BCUT2D eigenvalue weighted by molar-refractivity contribution is 7.91. The van der Waals surface area contributed by atoms with Gasteiger partial charge in [0.1, 0.15) is 0 Å². The van der Waals surface area contributed by atoms with Gasteiger partial charge in [0.15, 0.2) is 15.0 Å². The van der Waals surface area contributed by atoms with Crippen molar-refractivity contribution in [3.05, 3.63) is 89.0 Å². The number of benzene rings is 3. The van der Waals surface area contributed by atoms with E-state index in [1.165, 1.54) is 16.9 Å². The number of aromatic nitrogens is 1. The second kappa shape index (κ2) is 10.1. The minimum absolute atomic E-state index is 0.0702. The quantitative estimate of drug-likeness (QED) is 0.302. The van der Waals surface area contributed by atoms with Crippen molar-refractivity contribution < 1.29 is 13.2 Å². The summed E-state index contributed by atoms with van der Waals surface area (Å²) in [7, 11) is -3.44. The fourth-order valence-corrected chi connectivity index (χ4v) is 6.10. The van der Waals surface area contributed by atoms with Gasteiger partial charge in [-0.05, 0) is 68.1 Å². The number of carbonyl (C=O) groups is 1. The number of hydrogen-bond donors (Lipinski definition) is 0. The van der Waals surface area contributed by atoms with E-state index < -0.39 is 9.84 Å². The van der Waals surface area contributed by atoms with E-state index in [0.29, 0.717) is 16.6 Å². The molecule has 4 rings (SSSR count). The molecule has 0 saturated carbocycles. The molecule has 0 aliphatic carbocycles. The van der Waals surface area contributed by atoms with E-state index in [1.54, 1.807) is 29.2 Å². The summed E-state index contributed by atoms with van der Waals surface area (Å²) in [6, 6.07) is 20.7. The van der Waals surface area contributed by atoms with Crippen LogP contribution >= 0.6 is 11.3 Å². The van der Waals surface area contributed by atoms with Crippen LogP contribution in [0.4, 0.5) is 5.13 Å². The van der Waals surface area contributed by atoms with Gasteiger partial charge in [-0.2, -0.15) is 0 Å². The van der Waals surface area contributed by atoms with E-state index >= 15 is 0 Å². The molecule has 0 unspecified atom stereocenters.